The molecule has 0 unspecified atom stereocenters. The zero-order chi connectivity index (χ0) is 21.2. The van der Waals surface area contributed by atoms with Crippen LogP contribution in [-0.4, -0.2) is 59.7 Å². The van der Waals surface area contributed by atoms with Crippen LogP contribution in [-0.2, 0) is 11.2 Å². The first kappa shape index (κ1) is 23.0. The van der Waals surface area contributed by atoms with E-state index in [-0.39, 0.29) is 5.56 Å². The molecule has 158 valence electrons. The number of piperazine rings is 1. The van der Waals surface area contributed by atoms with Gasteiger partial charge < -0.3 is 14.4 Å². The van der Waals surface area contributed by atoms with Crippen molar-refractivity contribution in [2.24, 2.45) is 0 Å². The smallest absolute Gasteiger partial charge is 0.298 e. The van der Waals surface area contributed by atoms with E-state index in [1.165, 1.54) is 0 Å². The minimum Gasteiger partial charge on any atom is -0.497 e. The van der Waals surface area contributed by atoms with E-state index in [2.05, 4.69) is 15.5 Å². The number of nitrogens with zero attached hydrogens (tertiary/aromatic N) is 4. The number of hydrogen-bond acceptors (Lipinski definition) is 7. The molecule has 29 heavy (non-hydrogen) atoms. The Labute approximate surface area is 176 Å². The van der Waals surface area contributed by atoms with E-state index in [9.17, 15) is 9.59 Å². The van der Waals surface area contributed by atoms with Crippen LogP contribution in [0.1, 0.15) is 26.0 Å². The zero-order valence-corrected chi connectivity index (χ0v) is 18.4. The Balaban J connectivity index is 0.00000145. The van der Waals surface area contributed by atoms with Crippen molar-refractivity contribution in [1.29, 1.82) is 0 Å². The van der Waals surface area contributed by atoms with Crippen LogP contribution in [0.2, 0.25) is 0 Å². The van der Waals surface area contributed by atoms with Gasteiger partial charge in [-0.25, -0.2) is 9.29 Å². The van der Waals surface area contributed by atoms with E-state index in [0.717, 1.165) is 49.6 Å². The second kappa shape index (κ2) is 11.6. The Morgan fingerprint density at radius 3 is 2.34 bits per heavy atom. The summed E-state index contributed by atoms with van der Waals surface area (Å²) in [5.41, 5.74) is 1.34. The van der Waals surface area contributed by atoms with Gasteiger partial charge in [0.25, 0.3) is 5.56 Å². The maximum Gasteiger partial charge on any atom is 0.298 e. The lowest BCUT2D eigenvalue weighted by Crippen LogP contribution is -2.46. The molecule has 1 aromatic heterocycles. The van der Waals surface area contributed by atoms with Crippen molar-refractivity contribution in [2.75, 3.05) is 44.4 Å². The van der Waals surface area contributed by atoms with Crippen molar-refractivity contribution in [3.05, 3.63) is 46.5 Å². The average molecular weight is 419 g/mol. The van der Waals surface area contributed by atoms with E-state index >= 15 is 0 Å². The first-order valence-corrected chi connectivity index (χ1v) is 11.1. The third-order valence-corrected chi connectivity index (χ3v) is 5.48. The van der Waals surface area contributed by atoms with Crippen LogP contribution in [0.15, 0.2) is 35.3 Å². The lowest BCUT2D eigenvalue weighted by molar-refractivity contribution is -0.107. The molecule has 1 aliphatic rings. The van der Waals surface area contributed by atoms with Gasteiger partial charge in [-0.1, -0.05) is 25.8 Å². The Hall–Kier alpha value is -2.32. The monoisotopic (exact) mass is 418 g/mol. The summed E-state index contributed by atoms with van der Waals surface area (Å²) in [7, 11) is 1.61. The molecule has 0 bridgehead atoms. The topological polar surface area (TPSA) is 67.7 Å². The van der Waals surface area contributed by atoms with E-state index in [4.69, 9.17) is 4.74 Å². The largest absolute Gasteiger partial charge is 0.497 e. The zero-order valence-electron chi connectivity index (χ0n) is 17.6. The van der Waals surface area contributed by atoms with Crippen LogP contribution >= 0.6 is 11.9 Å². The average Bonchev–Trinajstić information content (AvgIpc) is 2.80. The van der Waals surface area contributed by atoms with Crippen molar-refractivity contribution < 1.29 is 9.53 Å². The SMILES string of the molecule is CC.COc1ccc(-n2cc(CCC=O)nc(N3CCN(SC)CC3)c2=O)cc1. The number of anilines is 1. The molecule has 7 nitrogen and oxygen atoms in total. The van der Waals surface area contributed by atoms with E-state index < -0.39 is 0 Å². The fourth-order valence-corrected chi connectivity index (χ4v) is 3.61. The number of benzene rings is 1. The Kier molecular flexibility index (Phi) is 9.21. The minimum absolute atomic E-state index is 0.146. The predicted molar refractivity (Wildman–Crippen MR) is 119 cm³/mol. The summed E-state index contributed by atoms with van der Waals surface area (Å²) < 4.78 is 9.08. The first-order valence-electron chi connectivity index (χ1n) is 9.91. The summed E-state index contributed by atoms with van der Waals surface area (Å²) >= 11 is 1.72. The molecule has 3 rings (SSSR count). The molecule has 0 atom stereocenters. The Morgan fingerprint density at radius 2 is 1.79 bits per heavy atom. The van der Waals surface area contributed by atoms with Gasteiger partial charge in [-0.05, 0) is 36.9 Å². The van der Waals surface area contributed by atoms with Crippen molar-refractivity contribution in [3.63, 3.8) is 0 Å². The van der Waals surface area contributed by atoms with Gasteiger partial charge in [-0.2, -0.15) is 0 Å². The molecule has 8 heteroatoms. The number of ether oxygens (including phenoxy) is 1. The molecule has 0 saturated carbocycles. The summed E-state index contributed by atoms with van der Waals surface area (Å²) in [5, 5.41) is 0. The van der Waals surface area contributed by atoms with Crippen LogP contribution < -0.4 is 15.2 Å². The first-order chi connectivity index (χ1) is 14.2. The van der Waals surface area contributed by atoms with Crippen LogP contribution in [0.25, 0.3) is 5.69 Å². The van der Waals surface area contributed by atoms with Crippen LogP contribution in [0, 0.1) is 0 Å². The van der Waals surface area contributed by atoms with Gasteiger partial charge in [-0.3, -0.25) is 9.36 Å². The van der Waals surface area contributed by atoms with E-state index in [0.29, 0.717) is 18.7 Å². The molecule has 0 aliphatic carbocycles. The highest BCUT2D eigenvalue weighted by atomic mass is 32.2. The summed E-state index contributed by atoms with van der Waals surface area (Å²) in [6, 6.07) is 7.34. The van der Waals surface area contributed by atoms with E-state index in [1.807, 2.05) is 43.0 Å². The van der Waals surface area contributed by atoms with Crippen LogP contribution in [0.4, 0.5) is 5.82 Å². The highest BCUT2D eigenvalue weighted by Gasteiger charge is 2.21. The van der Waals surface area contributed by atoms with Gasteiger partial charge in [0, 0.05) is 44.5 Å². The van der Waals surface area contributed by atoms with Crippen LogP contribution in [0.3, 0.4) is 0 Å². The highest BCUT2D eigenvalue weighted by molar-refractivity contribution is 7.96. The third kappa shape index (κ3) is 5.83. The second-order valence-corrected chi connectivity index (χ2v) is 7.11. The summed E-state index contributed by atoms with van der Waals surface area (Å²) in [5.74, 6) is 1.19. The van der Waals surface area contributed by atoms with Gasteiger partial charge >= 0.3 is 0 Å². The number of carbonyl (C=O) groups excluding carboxylic acids is 1. The molecule has 1 saturated heterocycles. The summed E-state index contributed by atoms with van der Waals surface area (Å²) in [6.07, 6.45) is 5.56. The molecule has 1 fully saturated rings. The van der Waals surface area contributed by atoms with Gasteiger partial charge in [0.05, 0.1) is 12.8 Å². The quantitative estimate of drug-likeness (QED) is 0.506. The number of methoxy groups -OCH3 is 1. The highest BCUT2D eigenvalue weighted by Crippen LogP contribution is 2.18. The molecular formula is C21H30N4O3S. The van der Waals surface area contributed by atoms with Crippen molar-refractivity contribution in [2.45, 2.75) is 26.7 Å². The van der Waals surface area contributed by atoms with Crippen molar-refractivity contribution >= 4 is 24.1 Å². The minimum atomic E-state index is -0.146. The number of hydrogen-bond donors (Lipinski definition) is 0. The van der Waals surface area contributed by atoms with Crippen molar-refractivity contribution in [3.8, 4) is 11.4 Å². The molecule has 1 aromatic carbocycles. The molecule has 2 heterocycles. The Morgan fingerprint density at radius 1 is 1.14 bits per heavy atom. The molecule has 0 N–H and O–H groups in total. The number of carbonyl (C=O) groups is 1. The standard InChI is InChI=1S/C19H24N4O3S.C2H6/c1-26-17-7-5-16(6-8-17)23-14-15(4-3-13-24)20-18(19(23)25)21-9-11-22(27-2)12-10-21;1-2/h5-8,13-14H,3-4,9-12H2,1-2H3;1-2H3. The number of rotatable bonds is 7. The molecule has 0 spiro atoms. The number of aldehydes is 1. The lowest BCUT2D eigenvalue weighted by Gasteiger charge is -2.33. The van der Waals surface area contributed by atoms with Gasteiger partial charge in [0.15, 0.2) is 5.82 Å². The predicted octanol–water partition coefficient (Wildman–Crippen LogP) is 2.80. The molecule has 0 radical (unpaired) electrons. The fraction of sp³-hybridized carbons (Fsp3) is 0.476. The van der Waals surface area contributed by atoms with E-state index in [1.54, 1.807) is 29.8 Å². The molecule has 0 amide bonds. The van der Waals surface area contributed by atoms with Gasteiger partial charge in [-0.15, -0.1) is 0 Å². The van der Waals surface area contributed by atoms with Gasteiger partial charge in [0.2, 0.25) is 0 Å². The second-order valence-electron chi connectivity index (χ2n) is 6.23. The fourth-order valence-electron chi connectivity index (χ4n) is 3.08. The Bertz CT molecular complexity index is 831. The molecular weight excluding hydrogens is 388 g/mol. The molecule has 2 aromatic rings. The summed E-state index contributed by atoms with van der Waals surface area (Å²) in [6.45, 7) is 7.26. The van der Waals surface area contributed by atoms with Gasteiger partial charge in [0.1, 0.15) is 12.0 Å². The van der Waals surface area contributed by atoms with Crippen molar-refractivity contribution in [1.82, 2.24) is 13.9 Å². The van der Waals surface area contributed by atoms with Crippen LogP contribution in [0.5, 0.6) is 5.75 Å². The maximum atomic E-state index is 13.1. The number of aromatic nitrogens is 2. The normalized spacial score (nSPS) is 14.1. The third-order valence-electron chi connectivity index (χ3n) is 4.60. The summed E-state index contributed by atoms with van der Waals surface area (Å²) in [4.78, 5) is 30.6. The lowest BCUT2D eigenvalue weighted by atomic mass is 10.2. The molecule has 1 aliphatic heterocycles. The number of aryl methyl sites for hydroxylation is 1. The maximum absolute atomic E-state index is 13.1.